The van der Waals surface area contributed by atoms with E-state index in [9.17, 15) is 4.79 Å². The molecule has 0 unspecified atom stereocenters. The molecule has 2 N–H and O–H groups in total. The highest BCUT2D eigenvalue weighted by atomic mass is 16.5. The highest BCUT2D eigenvalue weighted by Gasteiger charge is 2.10. The zero-order valence-electron chi connectivity index (χ0n) is 10.6. The van der Waals surface area contributed by atoms with Gasteiger partial charge in [-0.05, 0) is 13.0 Å². The predicted octanol–water partition coefficient (Wildman–Crippen LogP) is 0.869. The van der Waals surface area contributed by atoms with Gasteiger partial charge in [0, 0.05) is 25.7 Å². The van der Waals surface area contributed by atoms with E-state index in [1.54, 1.807) is 18.5 Å². The van der Waals surface area contributed by atoms with Crippen LogP contribution < -0.4 is 10.6 Å². The summed E-state index contributed by atoms with van der Waals surface area (Å²) in [5.41, 5.74) is 1.29. The van der Waals surface area contributed by atoms with E-state index in [1.807, 2.05) is 6.92 Å². The van der Waals surface area contributed by atoms with Crippen LogP contribution >= 0.6 is 0 Å². The lowest BCUT2D eigenvalue weighted by Gasteiger charge is -2.09. The Balaban J connectivity index is 1.92. The van der Waals surface area contributed by atoms with Crippen LogP contribution in [0.4, 0.5) is 5.69 Å². The van der Waals surface area contributed by atoms with Crippen molar-refractivity contribution in [1.29, 1.82) is 0 Å². The van der Waals surface area contributed by atoms with Crippen molar-refractivity contribution in [3.05, 3.63) is 36.2 Å². The molecule has 0 saturated carbocycles. The molecule has 0 aliphatic rings. The molecule has 0 fully saturated rings. The molecule has 0 aliphatic carbocycles. The van der Waals surface area contributed by atoms with E-state index >= 15 is 0 Å². The lowest BCUT2D eigenvalue weighted by molar-refractivity contribution is 0.0954. The van der Waals surface area contributed by atoms with Crippen molar-refractivity contribution >= 4 is 11.6 Å². The first-order chi connectivity index (χ1) is 9.31. The van der Waals surface area contributed by atoms with Crippen molar-refractivity contribution in [2.75, 3.05) is 18.4 Å². The Morgan fingerprint density at radius 2 is 2.37 bits per heavy atom. The Kier molecular flexibility index (Phi) is 4.44. The maximum atomic E-state index is 12.0. The van der Waals surface area contributed by atoms with Crippen molar-refractivity contribution < 1.29 is 9.32 Å². The van der Waals surface area contributed by atoms with Crippen LogP contribution in [0.3, 0.4) is 0 Å². The molecule has 0 radical (unpaired) electrons. The first-order valence-corrected chi connectivity index (χ1v) is 6.03. The minimum absolute atomic E-state index is 0.155. The summed E-state index contributed by atoms with van der Waals surface area (Å²) in [4.78, 5) is 19.9. The predicted molar refractivity (Wildman–Crippen MR) is 68.7 cm³/mol. The number of amides is 1. The Morgan fingerprint density at radius 1 is 1.47 bits per heavy atom. The fourth-order valence-electron chi connectivity index (χ4n) is 1.61. The van der Waals surface area contributed by atoms with Gasteiger partial charge in [-0.3, -0.25) is 9.78 Å². The van der Waals surface area contributed by atoms with Crippen molar-refractivity contribution in [1.82, 2.24) is 20.4 Å². The third-order valence-electron chi connectivity index (χ3n) is 2.46. The van der Waals surface area contributed by atoms with Crippen LogP contribution in [0.1, 0.15) is 23.2 Å². The second kappa shape index (κ2) is 6.48. The van der Waals surface area contributed by atoms with Crippen LogP contribution in [0, 0.1) is 0 Å². The molecule has 7 heteroatoms. The van der Waals surface area contributed by atoms with Crippen LogP contribution in [0.5, 0.6) is 0 Å². The number of carbonyl (C=O) groups excluding carboxylic acids is 1. The highest BCUT2D eigenvalue weighted by Crippen LogP contribution is 2.12. The quantitative estimate of drug-likeness (QED) is 0.801. The second-order valence-corrected chi connectivity index (χ2v) is 3.79. The number of pyridine rings is 1. The lowest BCUT2D eigenvalue weighted by atomic mass is 10.2. The van der Waals surface area contributed by atoms with Crippen LogP contribution in [-0.2, 0) is 6.42 Å². The van der Waals surface area contributed by atoms with Gasteiger partial charge in [0.1, 0.15) is 0 Å². The van der Waals surface area contributed by atoms with Gasteiger partial charge in [-0.2, -0.15) is 4.98 Å². The molecule has 7 nitrogen and oxygen atoms in total. The number of nitrogens with zero attached hydrogens (tertiary/aromatic N) is 3. The minimum atomic E-state index is -0.155. The molecule has 0 aromatic carbocycles. The monoisotopic (exact) mass is 261 g/mol. The summed E-state index contributed by atoms with van der Waals surface area (Å²) in [6, 6.07) is 1.68. The van der Waals surface area contributed by atoms with Crippen molar-refractivity contribution in [2.24, 2.45) is 0 Å². The molecular weight excluding hydrogens is 246 g/mol. The average Bonchev–Trinajstić information content (AvgIpc) is 2.93. The summed E-state index contributed by atoms with van der Waals surface area (Å²) >= 11 is 0. The Labute approximate surface area is 110 Å². The van der Waals surface area contributed by atoms with E-state index in [0.717, 1.165) is 12.2 Å². The topological polar surface area (TPSA) is 92.9 Å². The van der Waals surface area contributed by atoms with Crippen molar-refractivity contribution in [3.63, 3.8) is 0 Å². The SMILES string of the molecule is CCNc1cnccc1C(=O)NCCc1ncno1. The lowest BCUT2D eigenvalue weighted by Crippen LogP contribution is -2.26. The molecule has 100 valence electrons. The van der Waals surface area contributed by atoms with Crippen molar-refractivity contribution in [3.8, 4) is 0 Å². The Hall–Kier alpha value is -2.44. The number of anilines is 1. The van der Waals surface area contributed by atoms with Gasteiger partial charge in [-0.15, -0.1) is 0 Å². The number of hydrogen-bond acceptors (Lipinski definition) is 6. The largest absolute Gasteiger partial charge is 0.383 e. The maximum Gasteiger partial charge on any atom is 0.253 e. The second-order valence-electron chi connectivity index (χ2n) is 3.79. The molecule has 0 bridgehead atoms. The molecule has 0 saturated heterocycles. The zero-order chi connectivity index (χ0) is 13.5. The summed E-state index contributed by atoms with van der Waals surface area (Å²) in [7, 11) is 0. The molecular formula is C12H15N5O2. The number of aromatic nitrogens is 3. The van der Waals surface area contributed by atoms with Gasteiger partial charge in [0.15, 0.2) is 6.33 Å². The number of rotatable bonds is 6. The highest BCUT2D eigenvalue weighted by molar-refractivity contribution is 5.99. The van der Waals surface area contributed by atoms with Gasteiger partial charge < -0.3 is 15.2 Å². The molecule has 2 rings (SSSR count). The smallest absolute Gasteiger partial charge is 0.253 e. The minimum Gasteiger partial charge on any atom is -0.383 e. The summed E-state index contributed by atoms with van der Waals surface area (Å²) in [5, 5.41) is 9.40. The van der Waals surface area contributed by atoms with Gasteiger partial charge >= 0.3 is 0 Å². The molecule has 0 spiro atoms. The van der Waals surface area contributed by atoms with Gasteiger partial charge in [0.25, 0.3) is 5.91 Å². The summed E-state index contributed by atoms with van der Waals surface area (Å²) in [6.07, 6.45) is 5.07. The first kappa shape index (κ1) is 13.0. The molecule has 0 atom stereocenters. The van der Waals surface area contributed by atoms with Crippen LogP contribution in [0.25, 0.3) is 0 Å². The molecule has 2 aromatic heterocycles. The van der Waals surface area contributed by atoms with E-state index in [4.69, 9.17) is 4.52 Å². The molecule has 0 aliphatic heterocycles. The molecule has 19 heavy (non-hydrogen) atoms. The van der Waals surface area contributed by atoms with E-state index in [0.29, 0.717) is 24.4 Å². The third kappa shape index (κ3) is 3.51. The number of carbonyl (C=O) groups is 1. The summed E-state index contributed by atoms with van der Waals surface area (Å²) in [5.74, 6) is 0.347. The van der Waals surface area contributed by atoms with Crippen molar-refractivity contribution in [2.45, 2.75) is 13.3 Å². The van der Waals surface area contributed by atoms with Gasteiger partial charge in [0.05, 0.1) is 17.4 Å². The normalized spacial score (nSPS) is 10.2. The van der Waals surface area contributed by atoms with Crippen LogP contribution in [-0.4, -0.2) is 34.1 Å². The van der Waals surface area contributed by atoms with Crippen LogP contribution in [0.15, 0.2) is 29.3 Å². The van der Waals surface area contributed by atoms with Gasteiger partial charge in [0.2, 0.25) is 5.89 Å². The zero-order valence-corrected chi connectivity index (χ0v) is 10.6. The number of hydrogen-bond donors (Lipinski definition) is 2. The maximum absolute atomic E-state index is 12.0. The molecule has 1 amide bonds. The van der Waals surface area contributed by atoms with E-state index in [2.05, 4.69) is 25.8 Å². The van der Waals surface area contributed by atoms with Gasteiger partial charge in [-0.1, -0.05) is 5.16 Å². The third-order valence-corrected chi connectivity index (χ3v) is 2.46. The summed E-state index contributed by atoms with van der Waals surface area (Å²) < 4.78 is 4.85. The Morgan fingerprint density at radius 3 is 3.11 bits per heavy atom. The van der Waals surface area contributed by atoms with Gasteiger partial charge in [-0.25, -0.2) is 0 Å². The van der Waals surface area contributed by atoms with Crippen LogP contribution in [0.2, 0.25) is 0 Å². The first-order valence-electron chi connectivity index (χ1n) is 6.03. The fraction of sp³-hybridized carbons (Fsp3) is 0.333. The average molecular weight is 261 g/mol. The molecule has 2 aromatic rings. The molecule has 2 heterocycles. The van der Waals surface area contributed by atoms with E-state index < -0.39 is 0 Å². The summed E-state index contributed by atoms with van der Waals surface area (Å²) in [6.45, 7) is 3.13. The number of nitrogens with one attached hydrogen (secondary N) is 2. The van der Waals surface area contributed by atoms with E-state index in [-0.39, 0.29) is 5.91 Å². The fourth-order valence-corrected chi connectivity index (χ4v) is 1.61. The standard InChI is InChI=1S/C12H15N5O2/c1-2-14-10-7-13-5-3-9(10)12(18)15-6-4-11-16-8-17-19-11/h3,5,7-8,14H,2,4,6H2,1H3,(H,15,18). The Bertz CT molecular complexity index is 527. The van der Waals surface area contributed by atoms with E-state index in [1.165, 1.54) is 6.33 Å².